The fourth-order valence-electron chi connectivity index (χ4n) is 2.81. The Labute approximate surface area is 186 Å². The number of rotatable bonds is 11. The topological polar surface area (TPSA) is 92.8 Å². The number of amides is 2. The molecule has 0 spiro atoms. The Hall–Kier alpha value is -3.01. The second kappa shape index (κ2) is 11.6. The van der Waals surface area contributed by atoms with E-state index in [9.17, 15) is 26.8 Å². The van der Waals surface area contributed by atoms with Gasteiger partial charge in [-0.3, -0.25) is 9.59 Å². The maximum absolute atomic E-state index is 13.6. The minimum absolute atomic E-state index is 0.119. The normalized spacial score (nSPS) is 11.1. The van der Waals surface area contributed by atoms with Crippen molar-refractivity contribution >= 4 is 21.7 Å². The summed E-state index contributed by atoms with van der Waals surface area (Å²) in [6.07, 6.45) is 2.23. The number of ether oxygens (including phenoxy) is 1. The molecule has 0 fully saturated rings. The average Bonchev–Trinajstić information content (AvgIpc) is 2.73. The van der Waals surface area contributed by atoms with Crippen molar-refractivity contribution in [3.8, 4) is 5.75 Å². The first-order valence-corrected chi connectivity index (χ1v) is 11.9. The summed E-state index contributed by atoms with van der Waals surface area (Å²) >= 11 is 0. The van der Waals surface area contributed by atoms with Crippen LogP contribution in [0.5, 0.6) is 5.75 Å². The van der Waals surface area contributed by atoms with Crippen molar-refractivity contribution < 1.29 is 31.5 Å². The van der Waals surface area contributed by atoms with Crippen LogP contribution in [0.1, 0.15) is 29.6 Å². The minimum Gasteiger partial charge on any atom is -0.493 e. The van der Waals surface area contributed by atoms with E-state index in [1.54, 1.807) is 19.2 Å². The lowest BCUT2D eigenvalue weighted by Crippen LogP contribution is -2.30. The van der Waals surface area contributed by atoms with Crippen LogP contribution in [0.2, 0.25) is 0 Å². The Morgan fingerprint density at radius 3 is 2.53 bits per heavy atom. The first-order valence-electron chi connectivity index (χ1n) is 9.98. The smallest absolute Gasteiger partial charge is 0.254 e. The van der Waals surface area contributed by atoms with Crippen molar-refractivity contribution in [2.45, 2.75) is 24.2 Å². The highest BCUT2D eigenvalue weighted by atomic mass is 32.2. The quantitative estimate of drug-likeness (QED) is 0.512. The molecule has 0 atom stereocenters. The van der Waals surface area contributed by atoms with E-state index in [1.807, 2.05) is 0 Å². The third-order valence-corrected chi connectivity index (χ3v) is 5.70. The number of hydrogen-bond donors (Lipinski definition) is 1. The van der Waals surface area contributed by atoms with Gasteiger partial charge in [-0.2, -0.15) is 0 Å². The van der Waals surface area contributed by atoms with Gasteiger partial charge in [0.25, 0.3) is 5.91 Å². The molecule has 7 nitrogen and oxygen atoms in total. The van der Waals surface area contributed by atoms with E-state index in [2.05, 4.69) is 5.32 Å². The van der Waals surface area contributed by atoms with Crippen LogP contribution < -0.4 is 10.1 Å². The lowest BCUT2D eigenvalue weighted by molar-refractivity contribution is -0.130. The summed E-state index contributed by atoms with van der Waals surface area (Å²) in [6, 6.07) is 8.92. The highest BCUT2D eigenvalue weighted by Gasteiger charge is 2.13. The van der Waals surface area contributed by atoms with E-state index < -0.39 is 27.4 Å². The molecular formula is C22H26F2N2O5S. The Morgan fingerprint density at radius 1 is 1.09 bits per heavy atom. The molecule has 0 aliphatic rings. The van der Waals surface area contributed by atoms with Crippen molar-refractivity contribution in [3.05, 3.63) is 59.7 Å². The fraction of sp³-hybridized carbons (Fsp3) is 0.364. The number of nitrogens with one attached hydrogen (secondary N) is 1. The second-order valence-corrected chi connectivity index (χ2v) is 9.26. The van der Waals surface area contributed by atoms with Crippen LogP contribution >= 0.6 is 0 Å². The summed E-state index contributed by atoms with van der Waals surface area (Å²) in [5.41, 5.74) is -0.253. The fourth-order valence-corrected chi connectivity index (χ4v) is 3.47. The zero-order valence-corrected chi connectivity index (χ0v) is 18.8. The van der Waals surface area contributed by atoms with Gasteiger partial charge in [0.1, 0.15) is 17.4 Å². The van der Waals surface area contributed by atoms with Crippen molar-refractivity contribution in [2.24, 2.45) is 0 Å². The van der Waals surface area contributed by atoms with E-state index in [0.717, 1.165) is 18.4 Å². The molecular weight excluding hydrogens is 442 g/mol. The summed E-state index contributed by atoms with van der Waals surface area (Å²) in [7, 11) is -1.66. The highest BCUT2D eigenvalue weighted by molar-refractivity contribution is 7.90. The molecule has 2 aromatic rings. The van der Waals surface area contributed by atoms with E-state index in [0.29, 0.717) is 37.8 Å². The minimum atomic E-state index is -3.31. The molecule has 0 aliphatic carbocycles. The van der Waals surface area contributed by atoms with Gasteiger partial charge in [-0.05, 0) is 43.2 Å². The largest absolute Gasteiger partial charge is 0.493 e. The Kier molecular flexibility index (Phi) is 9.13. The molecule has 0 radical (unpaired) electrons. The van der Waals surface area contributed by atoms with Gasteiger partial charge < -0.3 is 15.0 Å². The third-order valence-electron chi connectivity index (χ3n) is 4.59. The monoisotopic (exact) mass is 468 g/mol. The zero-order valence-electron chi connectivity index (χ0n) is 17.9. The van der Waals surface area contributed by atoms with Crippen LogP contribution in [-0.4, -0.2) is 58.1 Å². The average molecular weight is 469 g/mol. The van der Waals surface area contributed by atoms with Crippen molar-refractivity contribution in [3.63, 3.8) is 0 Å². The molecule has 0 aliphatic heterocycles. The number of halogens is 2. The van der Waals surface area contributed by atoms with Gasteiger partial charge in [0.2, 0.25) is 5.91 Å². The van der Waals surface area contributed by atoms with Crippen LogP contribution in [-0.2, 0) is 14.6 Å². The molecule has 0 saturated heterocycles. The van der Waals surface area contributed by atoms with Crippen LogP contribution in [0.4, 0.5) is 8.78 Å². The Balaban J connectivity index is 1.65. The molecule has 0 heterocycles. The van der Waals surface area contributed by atoms with Gasteiger partial charge in [-0.1, -0.05) is 6.07 Å². The lowest BCUT2D eigenvalue weighted by Gasteiger charge is -2.17. The molecule has 2 rings (SSSR count). The Bertz CT molecular complexity index is 1060. The van der Waals surface area contributed by atoms with Gasteiger partial charge >= 0.3 is 0 Å². The predicted octanol–water partition coefficient (Wildman–Crippen LogP) is 2.81. The van der Waals surface area contributed by atoms with Crippen LogP contribution in [0.25, 0.3) is 0 Å². The first kappa shape index (κ1) is 25.3. The van der Waals surface area contributed by atoms with E-state index >= 15 is 0 Å². The SMILES string of the molecule is CN(CCCOc1cccc(S(C)(=O)=O)c1)C(=O)CCCNC(=O)c1ccc(F)cc1F. The van der Waals surface area contributed by atoms with Gasteiger partial charge in [-0.15, -0.1) is 0 Å². The van der Waals surface area contributed by atoms with Crippen LogP contribution in [0.15, 0.2) is 47.4 Å². The maximum Gasteiger partial charge on any atom is 0.254 e. The van der Waals surface area contributed by atoms with E-state index in [1.165, 1.54) is 17.0 Å². The molecule has 0 unspecified atom stereocenters. The standard InChI is InChI=1S/C22H26F2N2O5S/c1-26(12-5-13-31-17-6-3-7-18(15-17)32(2,29)30)21(27)8-4-11-25-22(28)19-10-9-16(23)14-20(19)24/h3,6-7,9-10,14-15H,4-5,8,11-13H2,1-2H3,(H,25,28). The third kappa shape index (κ3) is 7.92. The maximum atomic E-state index is 13.6. The van der Waals surface area contributed by atoms with Crippen LogP contribution in [0, 0.1) is 11.6 Å². The second-order valence-electron chi connectivity index (χ2n) is 7.25. The van der Waals surface area contributed by atoms with Gasteiger partial charge in [-0.25, -0.2) is 17.2 Å². The molecule has 2 aromatic carbocycles. The molecule has 2 amide bonds. The number of nitrogens with zero attached hydrogens (tertiary/aromatic N) is 1. The number of carbonyl (C=O) groups excluding carboxylic acids is 2. The van der Waals surface area contributed by atoms with E-state index in [4.69, 9.17) is 4.74 Å². The number of carbonyl (C=O) groups is 2. The molecule has 0 saturated carbocycles. The summed E-state index contributed by atoms with van der Waals surface area (Å²) in [5.74, 6) is -2.05. The molecule has 0 aromatic heterocycles. The predicted molar refractivity (Wildman–Crippen MR) is 115 cm³/mol. The summed E-state index contributed by atoms with van der Waals surface area (Å²) < 4.78 is 55.2. The van der Waals surface area contributed by atoms with E-state index in [-0.39, 0.29) is 29.3 Å². The Morgan fingerprint density at radius 2 is 1.84 bits per heavy atom. The summed E-state index contributed by atoms with van der Waals surface area (Å²) in [5, 5.41) is 2.50. The molecule has 32 heavy (non-hydrogen) atoms. The van der Waals surface area contributed by atoms with Gasteiger partial charge in [0.05, 0.1) is 17.1 Å². The first-order chi connectivity index (χ1) is 15.1. The van der Waals surface area contributed by atoms with Gasteiger partial charge in [0, 0.05) is 38.9 Å². The molecule has 10 heteroatoms. The zero-order chi connectivity index (χ0) is 23.7. The highest BCUT2D eigenvalue weighted by Crippen LogP contribution is 2.17. The van der Waals surface area contributed by atoms with Crippen molar-refractivity contribution in [2.75, 3.05) is 33.0 Å². The molecule has 0 bridgehead atoms. The number of sulfone groups is 1. The lowest BCUT2D eigenvalue weighted by atomic mass is 10.2. The summed E-state index contributed by atoms with van der Waals surface area (Å²) in [4.78, 5) is 25.8. The van der Waals surface area contributed by atoms with Gasteiger partial charge in [0.15, 0.2) is 9.84 Å². The van der Waals surface area contributed by atoms with Crippen molar-refractivity contribution in [1.82, 2.24) is 10.2 Å². The molecule has 1 N–H and O–H groups in total. The number of hydrogen-bond acceptors (Lipinski definition) is 5. The molecule has 174 valence electrons. The van der Waals surface area contributed by atoms with Crippen molar-refractivity contribution in [1.29, 1.82) is 0 Å². The summed E-state index contributed by atoms with van der Waals surface area (Å²) in [6.45, 7) is 0.927. The van der Waals surface area contributed by atoms with Crippen LogP contribution in [0.3, 0.4) is 0 Å². The number of benzene rings is 2.